The number of hydrogen-bond donors (Lipinski definition) is 0. The Hall–Kier alpha value is -2.15. The topological polar surface area (TPSA) is 66.8 Å². The number of rotatable bonds is 4. The van der Waals surface area contributed by atoms with E-state index in [2.05, 4.69) is 6.92 Å². The molecule has 2 aromatic rings. The number of pyridine rings is 1. The summed E-state index contributed by atoms with van der Waals surface area (Å²) in [6.45, 7) is 4.11. The molecule has 3 unspecified atom stereocenters. The number of halogens is 1. The van der Waals surface area contributed by atoms with Crippen LogP contribution in [0.2, 0.25) is 5.02 Å². The van der Waals surface area contributed by atoms with Crippen LogP contribution in [0, 0.1) is 5.92 Å². The van der Waals surface area contributed by atoms with E-state index in [1.54, 1.807) is 6.20 Å². The number of carbonyl (C=O) groups excluding carboxylic acids is 1. The summed E-state index contributed by atoms with van der Waals surface area (Å²) in [7, 11) is 0. The van der Waals surface area contributed by atoms with Crippen LogP contribution in [0.1, 0.15) is 24.9 Å². The highest BCUT2D eigenvalue weighted by atomic mass is 35.5. The highest BCUT2D eigenvalue weighted by Gasteiger charge is 2.25. The second-order valence-electron chi connectivity index (χ2n) is 7.73. The van der Waals surface area contributed by atoms with Gasteiger partial charge in [-0.15, -0.1) is 0 Å². The van der Waals surface area contributed by atoms with Crippen molar-refractivity contribution in [3.63, 3.8) is 0 Å². The van der Waals surface area contributed by atoms with Crippen molar-refractivity contribution < 1.29 is 19.0 Å². The monoisotopic (exact) mass is 417 g/mol. The summed E-state index contributed by atoms with van der Waals surface area (Å²) >= 11 is 6.23. The minimum Gasteiger partial charge on any atom is -0.491 e. The standard InChI is InChI=1S/C22H24ClNO5/c1-14-6-15-2-3-16(23)7-19(15)20-9-22(26)24(10-21(20)29-12-14)17(11-25)8-18-13-27-4-5-28-18/h2-3,7,9-11,14,17-18H,4-6,8,12-13H2,1H3. The zero-order valence-corrected chi connectivity index (χ0v) is 17.1. The Morgan fingerprint density at radius 3 is 2.86 bits per heavy atom. The van der Waals surface area contributed by atoms with Crippen LogP contribution in [0.25, 0.3) is 11.1 Å². The maximum absolute atomic E-state index is 12.9. The summed E-state index contributed by atoms with van der Waals surface area (Å²) in [5.74, 6) is 0.880. The lowest BCUT2D eigenvalue weighted by Gasteiger charge is -2.27. The minimum absolute atomic E-state index is 0.215. The number of aromatic nitrogens is 1. The predicted molar refractivity (Wildman–Crippen MR) is 110 cm³/mol. The molecule has 0 saturated carbocycles. The SMILES string of the molecule is CC1COc2cn(C(C=O)CC3COCCO3)c(=O)cc2-c2cc(Cl)ccc2C1. The van der Waals surface area contributed by atoms with Crippen molar-refractivity contribution in [2.45, 2.75) is 31.9 Å². The third-order valence-electron chi connectivity index (χ3n) is 5.40. The Labute approximate surface area is 174 Å². The highest BCUT2D eigenvalue weighted by Crippen LogP contribution is 2.36. The van der Waals surface area contributed by atoms with Crippen LogP contribution in [0.5, 0.6) is 5.75 Å². The van der Waals surface area contributed by atoms with E-state index >= 15 is 0 Å². The molecule has 6 nitrogen and oxygen atoms in total. The molecule has 1 fully saturated rings. The lowest BCUT2D eigenvalue weighted by atomic mass is 9.92. The van der Waals surface area contributed by atoms with Crippen LogP contribution in [0.15, 0.2) is 35.3 Å². The van der Waals surface area contributed by atoms with Crippen molar-refractivity contribution in [2.24, 2.45) is 5.92 Å². The van der Waals surface area contributed by atoms with Gasteiger partial charge in [0.2, 0.25) is 0 Å². The molecule has 7 heteroatoms. The Morgan fingerprint density at radius 2 is 2.10 bits per heavy atom. The van der Waals surface area contributed by atoms with Gasteiger partial charge >= 0.3 is 0 Å². The molecule has 3 heterocycles. The van der Waals surface area contributed by atoms with Crippen LogP contribution in [0.4, 0.5) is 0 Å². The molecule has 4 rings (SSSR count). The molecule has 0 bridgehead atoms. The van der Waals surface area contributed by atoms with Crippen molar-refractivity contribution >= 4 is 17.9 Å². The van der Waals surface area contributed by atoms with Gasteiger partial charge in [0.15, 0.2) is 0 Å². The maximum Gasteiger partial charge on any atom is 0.252 e. The molecule has 0 spiro atoms. The summed E-state index contributed by atoms with van der Waals surface area (Å²) in [4.78, 5) is 24.7. The molecule has 1 aromatic heterocycles. The molecule has 1 aromatic carbocycles. The summed E-state index contributed by atoms with van der Waals surface area (Å²) < 4.78 is 18.5. The van der Waals surface area contributed by atoms with Crippen LogP contribution >= 0.6 is 11.6 Å². The van der Waals surface area contributed by atoms with Crippen LogP contribution < -0.4 is 10.3 Å². The zero-order valence-electron chi connectivity index (χ0n) is 16.3. The smallest absolute Gasteiger partial charge is 0.252 e. The fourth-order valence-corrected chi connectivity index (χ4v) is 4.11. The van der Waals surface area contributed by atoms with Gasteiger partial charge in [0, 0.05) is 23.1 Å². The number of nitrogens with zero attached hydrogens (tertiary/aromatic N) is 1. The predicted octanol–water partition coefficient (Wildman–Crippen LogP) is 3.29. The van der Waals surface area contributed by atoms with Gasteiger partial charge in [0.1, 0.15) is 12.0 Å². The van der Waals surface area contributed by atoms with Gasteiger partial charge in [-0.1, -0.05) is 24.6 Å². The molecule has 0 N–H and O–H groups in total. The summed E-state index contributed by atoms with van der Waals surface area (Å²) in [5, 5.41) is 0.604. The van der Waals surface area contributed by atoms with Gasteiger partial charge in [-0.25, -0.2) is 0 Å². The van der Waals surface area contributed by atoms with E-state index in [4.69, 9.17) is 25.8 Å². The van der Waals surface area contributed by atoms with Gasteiger partial charge in [-0.3, -0.25) is 4.79 Å². The van der Waals surface area contributed by atoms with Gasteiger partial charge in [-0.05, 0) is 35.6 Å². The molecule has 0 amide bonds. The molecule has 2 aliphatic rings. The third-order valence-corrected chi connectivity index (χ3v) is 5.64. The number of hydrogen-bond acceptors (Lipinski definition) is 5. The second kappa shape index (κ2) is 8.69. The van der Waals surface area contributed by atoms with Gasteiger partial charge in [0.05, 0.1) is 44.8 Å². The van der Waals surface area contributed by atoms with Crippen molar-refractivity contribution in [2.75, 3.05) is 26.4 Å². The van der Waals surface area contributed by atoms with E-state index < -0.39 is 6.04 Å². The molecule has 1 saturated heterocycles. The molecule has 3 atom stereocenters. The normalized spacial score (nSPS) is 22.4. The van der Waals surface area contributed by atoms with Gasteiger partial charge < -0.3 is 23.6 Å². The fourth-order valence-electron chi connectivity index (χ4n) is 3.93. The summed E-state index contributed by atoms with van der Waals surface area (Å²) in [6.07, 6.45) is 3.42. The Morgan fingerprint density at radius 1 is 1.24 bits per heavy atom. The maximum atomic E-state index is 12.9. The van der Waals surface area contributed by atoms with E-state index in [0.29, 0.717) is 55.1 Å². The molecular weight excluding hydrogens is 394 g/mol. The Balaban J connectivity index is 1.74. The molecule has 0 radical (unpaired) electrons. The largest absolute Gasteiger partial charge is 0.491 e. The number of benzene rings is 1. The number of aldehydes is 1. The fraction of sp³-hybridized carbons (Fsp3) is 0.455. The van der Waals surface area contributed by atoms with Crippen molar-refractivity contribution in [3.05, 3.63) is 51.4 Å². The highest BCUT2D eigenvalue weighted by molar-refractivity contribution is 6.30. The second-order valence-corrected chi connectivity index (χ2v) is 8.16. The molecule has 154 valence electrons. The first-order chi connectivity index (χ1) is 14.0. The lowest BCUT2D eigenvalue weighted by molar-refractivity contribution is -0.116. The van der Waals surface area contributed by atoms with Crippen LogP contribution in [-0.2, 0) is 20.7 Å². The first-order valence-corrected chi connectivity index (χ1v) is 10.3. The molecule has 0 aliphatic carbocycles. The summed E-state index contributed by atoms with van der Waals surface area (Å²) in [6, 6.07) is 6.62. The quantitative estimate of drug-likeness (QED) is 0.714. The Bertz CT molecular complexity index is 951. The first kappa shape index (κ1) is 20.1. The average molecular weight is 418 g/mol. The lowest BCUT2D eigenvalue weighted by Crippen LogP contribution is -2.34. The summed E-state index contributed by atoms with van der Waals surface area (Å²) in [5.41, 5.74) is 2.47. The van der Waals surface area contributed by atoms with E-state index in [0.717, 1.165) is 23.8 Å². The third kappa shape index (κ3) is 4.39. The number of carbonyl (C=O) groups is 1. The van der Waals surface area contributed by atoms with E-state index in [1.165, 1.54) is 10.6 Å². The zero-order chi connectivity index (χ0) is 20.4. The van der Waals surface area contributed by atoms with Crippen molar-refractivity contribution in [1.82, 2.24) is 4.57 Å². The number of ether oxygens (including phenoxy) is 3. The van der Waals surface area contributed by atoms with Crippen LogP contribution in [-0.4, -0.2) is 43.4 Å². The molecular formula is C22H24ClNO5. The van der Waals surface area contributed by atoms with E-state index in [1.807, 2.05) is 18.2 Å². The van der Waals surface area contributed by atoms with Crippen LogP contribution in [0.3, 0.4) is 0 Å². The van der Waals surface area contributed by atoms with Gasteiger partial charge in [0.25, 0.3) is 5.56 Å². The first-order valence-electron chi connectivity index (χ1n) is 9.87. The van der Waals surface area contributed by atoms with E-state index in [-0.39, 0.29) is 11.7 Å². The van der Waals surface area contributed by atoms with E-state index in [9.17, 15) is 9.59 Å². The Kier molecular flexibility index (Phi) is 6.04. The van der Waals surface area contributed by atoms with Crippen molar-refractivity contribution in [3.8, 4) is 16.9 Å². The molecule has 2 aliphatic heterocycles. The average Bonchev–Trinajstić information content (AvgIpc) is 2.72. The van der Waals surface area contributed by atoms with Gasteiger partial charge in [-0.2, -0.15) is 0 Å². The molecule has 29 heavy (non-hydrogen) atoms. The van der Waals surface area contributed by atoms with Crippen molar-refractivity contribution in [1.29, 1.82) is 0 Å². The number of fused-ring (bicyclic) bond motifs is 3. The minimum atomic E-state index is -0.648.